The van der Waals surface area contributed by atoms with Gasteiger partial charge in [0.15, 0.2) is 11.5 Å². The smallest absolute Gasteiger partial charge is 0.161 e. The molecule has 0 spiro atoms. The van der Waals surface area contributed by atoms with Gasteiger partial charge in [-0.3, -0.25) is 0 Å². The minimum absolute atomic E-state index is 0.261. The second kappa shape index (κ2) is 5.41. The van der Waals surface area contributed by atoms with Crippen LogP contribution in [0.5, 0.6) is 11.5 Å². The standard InChI is InChI=1S/C14H21NO2/c1-10-7-8-13(14(9-10)16-3)17-12-6-4-5-11(12)15-2/h7-9,11-12,15H,4-6H2,1-3H3. The van der Waals surface area contributed by atoms with Gasteiger partial charge < -0.3 is 14.8 Å². The Hall–Kier alpha value is -1.22. The third-order valence-corrected chi connectivity index (χ3v) is 3.42. The zero-order chi connectivity index (χ0) is 12.3. The molecule has 0 amide bonds. The average molecular weight is 235 g/mol. The molecule has 1 aliphatic rings. The molecule has 1 saturated carbocycles. The molecule has 0 aromatic heterocycles. The number of rotatable bonds is 4. The second-order valence-corrected chi connectivity index (χ2v) is 4.64. The first-order valence-electron chi connectivity index (χ1n) is 6.23. The van der Waals surface area contributed by atoms with Crippen LogP contribution in [0.25, 0.3) is 0 Å². The van der Waals surface area contributed by atoms with E-state index in [4.69, 9.17) is 9.47 Å². The van der Waals surface area contributed by atoms with Crippen molar-refractivity contribution in [3.05, 3.63) is 23.8 Å². The Kier molecular flexibility index (Phi) is 3.89. The molecule has 94 valence electrons. The van der Waals surface area contributed by atoms with Crippen LogP contribution in [0, 0.1) is 6.92 Å². The summed E-state index contributed by atoms with van der Waals surface area (Å²) in [7, 11) is 3.69. The van der Waals surface area contributed by atoms with E-state index in [1.54, 1.807) is 7.11 Å². The minimum Gasteiger partial charge on any atom is -0.493 e. The molecule has 1 fully saturated rings. The second-order valence-electron chi connectivity index (χ2n) is 4.64. The Morgan fingerprint density at radius 3 is 2.76 bits per heavy atom. The van der Waals surface area contributed by atoms with Crippen LogP contribution in [-0.2, 0) is 0 Å². The van der Waals surface area contributed by atoms with Crippen molar-refractivity contribution in [2.45, 2.75) is 38.3 Å². The van der Waals surface area contributed by atoms with Gasteiger partial charge in [0.05, 0.1) is 7.11 Å². The summed E-state index contributed by atoms with van der Waals surface area (Å²) in [6, 6.07) is 6.53. The van der Waals surface area contributed by atoms with Crippen molar-refractivity contribution in [1.29, 1.82) is 0 Å². The number of aryl methyl sites for hydroxylation is 1. The molecular formula is C14H21NO2. The van der Waals surface area contributed by atoms with Gasteiger partial charge in [-0.2, -0.15) is 0 Å². The van der Waals surface area contributed by atoms with Crippen LogP contribution in [0.2, 0.25) is 0 Å². The van der Waals surface area contributed by atoms with Gasteiger partial charge in [-0.1, -0.05) is 6.07 Å². The molecule has 0 saturated heterocycles. The van der Waals surface area contributed by atoms with Crippen LogP contribution in [0.15, 0.2) is 18.2 Å². The lowest BCUT2D eigenvalue weighted by Crippen LogP contribution is -2.36. The fraction of sp³-hybridized carbons (Fsp3) is 0.571. The van der Waals surface area contributed by atoms with E-state index in [9.17, 15) is 0 Å². The number of benzene rings is 1. The van der Waals surface area contributed by atoms with Gasteiger partial charge in [0.25, 0.3) is 0 Å². The van der Waals surface area contributed by atoms with E-state index in [1.165, 1.54) is 18.4 Å². The summed E-state index contributed by atoms with van der Waals surface area (Å²) >= 11 is 0. The fourth-order valence-corrected chi connectivity index (χ4v) is 2.43. The van der Waals surface area contributed by atoms with E-state index in [0.717, 1.165) is 17.9 Å². The molecule has 1 aromatic rings. The van der Waals surface area contributed by atoms with Gasteiger partial charge in [0.1, 0.15) is 6.10 Å². The zero-order valence-corrected chi connectivity index (χ0v) is 10.8. The summed E-state index contributed by atoms with van der Waals surface area (Å²) in [5, 5.41) is 3.32. The molecule has 3 nitrogen and oxygen atoms in total. The molecule has 0 bridgehead atoms. The maximum atomic E-state index is 6.07. The van der Waals surface area contributed by atoms with Crippen LogP contribution in [-0.4, -0.2) is 26.3 Å². The van der Waals surface area contributed by atoms with Crippen LogP contribution < -0.4 is 14.8 Å². The van der Waals surface area contributed by atoms with Gasteiger partial charge in [0.2, 0.25) is 0 Å². The van der Waals surface area contributed by atoms with Crippen LogP contribution in [0.4, 0.5) is 0 Å². The van der Waals surface area contributed by atoms with E-state index in [0.29, 0.717) is 6.04 Å². The highest BCUT2D eigenvalue weighted by Crippen LogP contribution is 2.32. The molecular weight excluding hydrogens is 214 g/mol. The van der Waals surface area contributed by atoms with Crippen LogP contribution >= 0.6 is 0 Å². The van der Waals surface area contributed by atoms with E-state index in [1.807, 2.05) is 19.2 Å². The topological polar surface area (TPSA) is 30.5 Å². The minimum atomic E-state index is 0.261. The van der Waals surface area contributed by atoms with Crippen molar-refractivity contribution in [2.75, 3.05) is 14.2 Å². The third kappa shape index (κ3) is 2.72. The normalized spacial score (nSPS) is 23.7. The molecule has 1 aromatic carbocycles. The molecule has 2 rings (SSSR count). The Morgan fingerprint density at radius 1 is 1.24 bits per heavy atom. The van der Waals surface area contributed by atoms with Crippen molar-refractivity contribution in [2.24, 2.45) is 0 Å². The van der Waals surface area contributed by atoms with E-state index in [2.05, 4.69) is 18.3 Å². The number of hydrogen-bond acceptors (Lipinski definition) is 3. The lowest BCUT2D eigenvalue weighted by molar-refractivity contribution is 0.172. The first kappa shape index (κ1) is 12.2. The van der Waals surface area contributed by atoms with Crippen molar-refractivity contribution >= 4 is 0 Å². The Bertz CT molecular complexity index is 378. The highest BCUT2D eigenvalue weighted by molar-refractivity contribution is 5.42. The summed E-state index contributed by atoms with van der Waals surface area (Å²) in [6.07, 6.45) is 3.79. The van der Waals surface area contributed by atoms with Gasteiger partial charge in [-0.25, -0.2) is 0 Å². The number of hydrogen-bond donors (Lipinski definition) is 1. The van der Waals surface area contributed by atoms with Gasteiger partial charge in [0, 0.05) is 6.04 Å². The highest BCUT2D eigenvalue weighted by atomic mass is 16.5. The average Bonchev–Trinajstić information content (AvgIpc) is 2.78. The van der Waals surface area contributed by atoms with Crippen LogP contribution in [0.1, 0.15) is 24.8 Å². The first-order chi connectivity index (χ1) is 8.24. The molecule has 17 heavy (non-hydrogen) atoms. The Morgan fingerprint density at radius 2 is 2.06 bits per heavy atom. The summed E-state index contributed by atoms with van der Waals surface area (Å²) < 4.78 is 11.4. The van der Waals surface area contributed by atoms with Crippen molar-refractivity contribution < 1.29 is 9.47 Å². The van der Waals surface area contributed by atoms with Crippen molar-refractivity contribution in [3.63, 3.8) is 0 Å². The molecule has 1 aliphatic carbocycles. The Balaban J connectivity index is 2.12. The number of methoxy groups -OCH3 is 1. The highest BCUT2D eigenvalue weighted by Gasteiger charge is 2.28. The molecule has 0 radical (unpaired) electrons. The monoisotopic (exact) mass is 235 g/mol. The summed E-state index contributed by atoms with van der Waals surface area (Å²) in [6.45, 7) is 2.05. The third-order valence-electron chi connectivity index (χ3n) is 3.42. The van der Waals surface area contributed by atoms with E-state index in [-0.39, 0.29) is 6.10 Å². The summed E-state index contributed by atoms with van der Waals surface area (Å²) in [4.78, 5) is 0. The molecule has 3 heteroatoms. The van der Waals surface area contributed by atoms with Crippen molar-refractivity contribution in [3.8, 4) is 11.5 Å². The predicted octanol–water partition coefficient (Wildman–Crippen LogP) is 2.52. The lowest BCUT2D eigenvalue weighted by Gasteiger charge is -2.22. The van der Waals surface area contributed by atoms with E-state index < -0.39 is 0 Å². The zero-order valence-electron chi connectivity index (χ0n) is 10.8. The SMILES string of the molecule is CNC1CCCC1Oc1ccc(C)cc1OC. The van der Waals surface area contributed by atoms with Gasteiger partial charge >= 0.3 is 0 Å². The quantitative estimate of drug-likeness (QED) is 0.870. The molecule has 1 N–H and O–H groups in total. The lowest BCUT2D eigenvalue weighted by atomic mass is 10.2. The number of ether oxygens (including phenoxy) is 2. The molecule has 2 atom stereocenters. The van der Waals surface area contributed by atoms with Gasteiger partial charge in [-0.15, -0.1) is 0 Å². The Labute approximate surface area is 103 Å². The largest absolute Gasteiger partial charge is 0.493 e. The molecule has 0 aliphatic heterocycles. The van der Waals surface area contributed by atoms with Crippen molar-refractivity contribution in [1.82, 2.24) is 5.32 Å². The maximum Gasteiger partial charge on any atom is 0.161 e. The summed E-state index contributed by atoms with van der Waals surface area (Å²) in [5.41, 5.74) is 1.19. The van der Waals surface area contributed by atoms with E-state index >= 15 is 0 Å². The molecule has 2 unspecified atom stereocenters. The number of likely N-dealkylation sites (N-methyl/N-ethyl adjacent to an activating group) is 1. The van der Waals surface area contributed by atoms with Gasteiger partial charge in [-0.05, 0) is 50.9 Å². The summed E-state index contributed by atoms with van der Waals surface area (Å²) in [5.74, 6) is 1.68. The molecule has 0 heterocycles. The maximum absolute atomic E-state index is 6.07. The number of nitrogens with one attached hydrogen (secondary N) is 1. The first-order valence-corrected chi connectivity index (χ1v) is 6.23. The van der Waals surface area contributed by atoms with Crippen LogP contribution in [0.3, 0.4) is 0 Å². The predicted molar refractivity (Wildman–Crippen MR) is 68.8 cm³/mol. The fourth-order valence-electron chi connectivity index (χ4n) is 2.43.